The van der Waals surface area contributed by atoms with Crippen molar-refractivity contribution in [1.29, 1.82) is 0 Å². The van der Waals surface area contributed by atoms with Crippen molar-refractivity contribution in [2.75, 3.05) is 0 Å². The van der Waals surface area contributed by atoms with Crippen LogP contribution in [0.15, 0.2) is 164 Å². The van der Waals surface area contributed by atoms with Crippen LogP contribution in [0, 0.1) is 0 Å². The second-order valence-corrected chi connectivity index (χ2v) is 13.5. The number of benzene rings is 6. The van der Waals surface area contributed by atoms with E-state index in [1.165, 1.54) is 49.0 Å². The van der Waals surface area contributed by atoms with E-state index >= 15 is 0 Å². The minimum Gasteiger partial charge on any atom is -1.00 e. The van der Waals surface area contributed by atoms with Crippen LogP contribution in [0.2, 0.25) is 0 Å². The predicted molar refractivity (Wildman–Crippen MR) is 170 cm³/mol. The van der Waals surface area contributed by atoms with Crippen molar-refractivity contribution in [3.8, 4) is 5.69 Å². The van der Waals surface area contributed by atoms with Crippen LogP contribution in [0.5, 0.6) is 0 Å². The van der Waals surface area contributed by atoms with Gasteiger partial charge in [0.15, 0.2) is 0 Å². The lowest BCUT2D eigenvalue weighted by atomic mass is 10.2. The van der Waals surface area contributed by atoms with Crippen LogP contribution in [0.25, 0.3) is 27.5 Å². The minimum absolute atomic E-state index is 0. The first-order valence-corrected chi connectivity index (χ1v) is 15.4. The largest absolute Gasteiger partial charge is 1.00 e. The van der Waals surface area contributed by atoms with Gasteiger partial charge in [0.05, 0.1) is 17.2 Å². The molecule has 0 atom stereocenters. The monoisotopic (exact) mass is 597 g/mol. The van der Waals surface area contributed by atoms with Crippen LogP contribution in [-0.4, -0.2) is 4.57 Å². The van der Waals surface area contributed by atoms with Crippen molar-refractivity contribution in [3.63, 3.8) is 0 Å². The molecule has 0 radical (unpaired) electrons. The number of rotatable bonds is 6. The van der Waals surface area contributed by atoms with Crippen LogP contribution < -0.4 is 32.9 Å². The van der Waals surface area contributed by atoms with E-state index in [0.29, 0.717) is 0 Å². The molecule has 0 aliphatic rings. The fourth-order valence-corrected chi connectivity index (χ4v) is 10.2. The summed E-state index contributed by atoms with van der Waals surface area (Å²) in [6, 6.07) is 60.0. The Morgan fingerprint density at radius 1 is 0.400 bits per heavy atom. The van der Waals surface area contributed by atoms with E-state index in [4.69, 9.17) is 0 Å². The van der Waals surface area contributed by atoms with Crippen LogP contribution in [0.3, 0.4) is 0 Å². The van der Waals surface area contributed by atoms with E-state index < -0.39 is 7.26 Å². The smallest absolute Gasteiger partial charge is 0.116 e. The summed E-state index contributed by atoms with van der Waals surface area (Å²) in [4.78, 5) is 0. The normalized spacial score (nSPS) is 11.4. The summed E-state index contributed by atoms with van der Waals surface area (Å²) in [7, 11) is -1.94. The zero-order chi connectivity index (χ0) is 26.1. The van der Waals surface area contributed by atoms with Gasteiger partial charge in [0, 0.05) is 16.5 Å². The lowest BCUT2D eigenvalue weighted by Crippen LogP contribution is -3.00. The Kier molecular flexibility index (Phi) is 7.39. The highest BCUT2D eigenvalue weighted by molar-refractivity contribution is 7.95. The van der Waals surface area contributed by atoms with Crippen molar-refractivity contribution in [2.24, 2.45) is 0 Å². The molecule has 0 fully saturated rings. The molecule has 1 nitrogen and oxygen atoms in total. The molecule has 1 heterocycles. The van der Waals surface area contributed by atoms with E-state index in [1.807, 2.05) is 0 Å². The number of hydrogen-bond acceptors (Lipinski definition) is 0. The molecule has 0 amide bonds. The van der Waals surface area contributed by atoms with E-state index in [0.717, 1.165) is 6.16 Å². The number of nitrogens with zero attached hydrogens (tertiary/aromatic N) is 1. The summed E-state index contributed by atoms with van der Waals surface area (Å²) < 4.78 is 2.39. The summed E-state index contributed by atoms with van der Waals surface area (Å²) >= 11 is 0. The van der Waals surface area contributed by atoms with Crippen molar-refractivity contribution >= 4 is 45.0 Å². The van der Waals surface area contributed by atoms with E-state index in [2.05, 4.69) is 168 Å². The molecule has 40 heavy (non-hydrogen) atoms. The Morgan fingerprint density at radius 2 is 0.775 bits per heavy atom. The Morgan fingerprint density at radius 3 is 1.20 bits per heavy atom. The fourth-order valence-electron chi connectivity index (χ4n) is 5.99. The maximum absolute atomic E-state index is 2.39. The molecule has 0 saturated heterocycles. The van der Waals surface area contributed by atoms with Crippen molar-refractivity contribution < 1.29 is 17.0 Å². The fraction of sp³-hybridized carbons (Fsp3) is 0.0270. The van der Waals surface area contributed by atoms with Gasteiger partial charge in [0.25, 0.3) is 0 Å². The number of fused-ring (bicyclic) bond motifs is 3. The van der Waals surface area contributed by atoms with E-state index in [9.17, 15) is 0 Å². The molecule has 6 aromatic carbocycles. The van der Waals surface area contributed by atoms with Crippen LogP contribution >= 0.6 is 7.26 Å². The van der Waals surface area contributed by atoms with Gasteiger partial charge in [0.1, 0.15) is 23.2 Å². The van der Waals surface area contributed by atoms with E-state index in [-0.39, 0.29) is 17.0 Å². The third-order valence-corrected chi connectivity index (χ3v) is 12.2. The van der Waals surface area contributed by atoms with Gasteiger partial charge < -0.3 is 21.5 Å². The van der Waals surface area contributed by atoms with E-state index in [1.54, 1.807) is 0 Å². The summed E-state index contributed by atoms with van der Waals surface area (Å²) in [5.74, 6) is 0. The SMILES string of the molecule is [Br-].c1ccc([P+](Cc2ccc(-n3c4ccccc4c4ccccc43)cc2)(c2ccccc2)c2ccccc2)cc1. The maximum Gasteiger partial charge on any atom is 0.116 e. The van der Waals surface area contributed by atoms with Gasteiger partial charge in [-0.05, 0) is 66.2 Å². The minimum atomic E-state index is -1.94. The highest BCUT2D eigenvalue weighted by Crippen LogP contribution is 2.58. The summed E-state index contributed by atoms with van der Waals surface area (Å²) in [5, 5.41) is 6.82. The number of aromatic nitrogens is 1. The summed E-state index contributed by atoms with van der Waals surface area (Å²) in [6.07, 6.45) is 0.971. The first kappa shape index (κ1) is 26.3. The molecular formula is C37H29BrNP. The van der Waals surface area contributed by atoms with Crippen LogP contribution in [0.1, 0.15) is 5.56 Å². The van der Waals surface area contributed by atoms with Gasteiger partial charge in [-0.25, -0.2) is 0 Å². The molecule has 0 N–H and O–H groups in total. The molecular weight excluding hydrogens is 569 g/mol. The first-order chi connectivity index (χ1) is 19.3. The molecule has 0 aliphatic carbocycles. The van der Waals surface area contributed by atoms with Crippen molar-refractivity contribution in [3.05, 3.63) is 169 Å². The molecule has 7 rings (SSSR count). The van der Waals surface area contributed by atoms with Crippen LogP contribution in [-0.2, 0) is 6.16 Å². The lowest BCUT2D eigenvalue weighted by molar-refractivity contribution is -0.00000742. The Hall–Kier alpha value is -3.97. The molecule has 0 aliphatic heterocycles. The summed E-state index contributed by atoms with van der Waals surface area (Å²) in [6.45, 7) is 0. The molecule has 0 bridgehead atoms. The molecule has 0 spiro atoms. The van der Waals surface area contributed by atoms with Gasteiger partial charge in [-0.3, -0.25) is 0 Å². The van der Waals surface area contributed by atoms with Gasteiger partial charge in [-0.1, -0.05) is 103 Å². The first-order valence-electron chi connectivity index (χ1n) is 13.5. The second kappa shape index (κ2) is 11.3. The molecule has 0 unspecified atom stereocenters. The van der Waals surface area contributed by atoms with Crippen LogP contribution in [0.4, 0.5) is 0 Å². The third kappa shape index (κ3) is 4.48. The summed E-state index contributed by atoms with van der Waals surface area (Å²) in [5.41, 5.74) is 5.03. The maximum atomic E-state index is 2.39. The molecule has 0 saturated carbocycles. The lowest BCUT2D eigenvalue weighted by Gasteiger charge is -2.28. The number of para-hydroxylation sites is 2. The quantitative estimate of drug-likeness (QED) is 0.230. The Labute approximate surface area is 246 Å². The average molecular weight is 599 g/mol. The Bertz CT molecular complexity index is 1710. The highest BCUT2D eigenvalue weighted by Gasteiger charge is 2.45. The van der Waals surface area contributed by atoms with Gasteiger partial charge in [-0.15, -0.1) is 0 Å². The predicted octanol–water partition coefficient (Wildman–Crippen LogP) is 5.28. The number of halogens is 1. The molecule has 1 aromatic heterocycles. The van der Waals surface area contributed by atoms with Gasteiger partial charge in [0.2, 0.25) is 0 Å². The topological polar surface area (TPSA) is 4.93 Å². The molecule has 3 heteroatoms. The standard InChI is InChI=1S/C37H29NP.BrH/c1-4-14-31(15-5-1)39(32-16-6-2-7-17-32,33-18-8-3-9-19-33)28-29-24-26-30(27-25-29)38-36-22-12-10-20-34(36)35-21-11-13-23-37(35)38;/h1-27H,28H2;1H/q+1;/p-1. The van der Waals surface area contributed by atoms with Gasteiger partial charge in [-0.2, -0.15) is 0 Å². The Balaban J connectivity index is 0.00000289. The third-order valence-electron chi connectivity index (χ3n) is 7.79. The highest BCUT2D eigenvalue weighted by atomic mass is 79.9. The van der Waals surface area contributed by atoms with Crippen molar-refractivity contribution in [1.82, 2.24) is 4.57 Å². The molecule has 7 aromatic rings. The number of hydrogen-bond donors (Lipinski definition) is 0. The molecule has 194 valence electrons. The second-order valence-electron chi connectivity index (χ2n) is 10.0. The average Bonchev–Trinajstić information content (AvgIpc) is 3.36. The van der Waals surface area contributed by atoms with Gasteiger partial charge >= 0.3 is 0 Å². The zero-order valence-corrected chi connectivity index (χ0v) is 24.5. The zero-order valence-electron chi connectivity index (χ0n) is 22.1. The van der Waals surface area contributed by atoms with Crippen molar-refractivity contribution in [2.45, 2.75) is 6.16 Å².